The Morgan fingerprint density at radius 3 is 1.35 bits per heavy atom. The first-order valence-electron chi connectivity index (χ1n) is 27.2. The number of nitrogens with zero attached hydrogens (tertiary/aromatic N) is 12. The summed E-state index contributed by atoms with van der Waals surface area (Å²) in [4.78, 5) is 69.3. The van der Waals surface area contributed by atoms with Crippen molar-refractivity contribution in [2.45, 2.75) is 64.0 Å². The average molecular weight is 1220 g/mol. The number of pyridine rings is 2. The number of aryl methyl sites for hydroxylation is 2. The maximum atomic E-state index is 13.7. The van der Waals surface area contributed by atoms with Crippen LogP contribution >= 0.6 is 23.2 Å². The van der Waals surface area contributed by atoms with Crippen molar-refractivity contribution in [2.75, 3.05) is 74.8 Å². The molecule has 2 aliphatic rings. The molecule has 0 spiro atoms. The van der Waals surface area contributed by atoms with Gasteiger partial charge in [-0.25, -0.2) is 39.9 Å². The van der Waals surface area contributed by atoms with Crippen LogP contribution < -0.4 is 29.9 Å². The Balaban J connectivity index is 0.000000205. The molecule has 2 fully saturated rings. The molecule has 2 atom stereocenters. The van der Waals surface area contributed by atoms with Crippen molar-refractivity contribution in [2.24, 2.45) is 0 Å². The first kappa shape index (κ1) is 62.0. The highest BCUT2D eigenvalue weighted by molar-refractivity contribution is 6.34. The molecule has 18 nitrogen and oxygen atoms in total. The van der Waals surface area contributed by atoms with Gasteiger partial charge < -0.3 is 39.7 Å². The predicted octanol–water partition coefficient (Wildman–Crippen LogP) is 12.7. The zero-order valence-corrected chi connectivity index (χ0v) is 48.9. The number of hydrogen-bond donors (Lipinski definition) is 2. The van der Waals surface area contributed by atoms with Crippen LogP contribution in [0.4, 0.5) is 49.1 Å². The summed E-state index contributed by atoms with van der Waals surface area (Å²) in [7, 11) is 7.52. The van der Waals surface area contributed by atoms with Crippen LogP contribution in [0.1, 0.15) is 70.2 Å². The lowest BCUT2D eigenvalue weighted by molar-refractivity contribution is -0.138. The van der Waals surface area contributed by atoms with Crippen molar-refractivity contribution < 1.29 is 45.4 Å². The van der Waals surface area contributed by atoms with E-state index in [2.05, 4.69) is 60.3 Å². The number of anilines is 4. The monoisotopic (exact) mass is 1220 g/mol. The third-order valence-electron chi connectivity index (χ3n) is 14.4. The van der Waals surface area contributed by atoms with Crippen molar-refractivity contribution in [3.8, 4) is 46.0 Å². The zero-order valence-electron chi connectivity index (χ0n) is 47.4. The molecule has 0 saturated carbocycles. The molecule has 2 N–H and O–H groups in total. The molecule has 2 saturated heterocycles. The first-order valence-corrected chi connectivity index (χ1v) is 27.9. The van der Waals surface area contributed by atoms with Crippen LogP contribution in [0.5, 0.6) is 23.3 Å². The lowest BCUT2D eigenvalue weighted by Crippen LogP contribution is -2.35. The Morgan fingerprint density at radius 1 is 0.581 bits per heavy atom. The molecule has 86 heavy (non-hydrogen) atoms. The lowest BCUT2D eigenvalue weighted by atomic mass is 10.0. The minimum absolute atomic E-state index is 0.0407. The molecule has 2 aliphatic heterocycles. The van der Waals surface area contributed by atoms with E-state index < -0.39 is 35.3 Å². The molecule has 448 valence electrons. The van der Waals surface area contributed by atoms with Crippen LogP contribution in [0.15, 0.2) is 122 Å². The van der Waals surface area contributed by atoms with Crippen molar-refractivity contribution in [1.29, 1.82) is 0 Å². The fraction of sp³-hybridized carbons (Fsp3) is 0.300. The van der Waals surface area contributed by atoms with E-state index in [1.54, 1.807) is 62.9 Å². The number of amides is 2. The Kier molecular flexibility index (Phi) is 19.3. The zero-order chi connectivity index (χ0) is 61.5. The summed E-state index contributed by atoms with van der Waals surface area (Å²) in [6.45, 7) is 7.01. The van der Waals surface area contributed by atoms with Gasteiger partial charge in [0.05, 0.1) is 54.8 Å². The SMILES string of the molecule is CCc1ncnc(-c2cccnc2Oc2ccc(Cl)c(NC(=O)c3cc(C(F)(F)F)ccc3N(C)C3CCN(C)C3)c2)n1.CCc1ncnc(-c2cccnc2Oc2ccc(Cl)c(NC(=O)c3cc(C(F)(F)F)ccc3N(C)C3CCN(C)C3)c2)n1. The molecule has 4 aromatic carbocycles. The molecule has 10 rings (SSSR count). The maximum Gasteiger partial charge on any atom is 0.416 e. The summed E-state index contributed by atoms with van der Waals surface area (Å²) in [5, 5.41) is 5.70. The highest BCUT2D eigenvalue weighted by Gasteiger charge is 2.36. The smallest absolute Gasteiger partial charge is 0.416 e. The van der Waals surface area contributed by atoms with Crippen molar-refractivity contribution >= 4 is 57.8 Å². The molecule has 6 heterocycles. The molecule has 0 aliphatic carbocycles. The van der Waals surface area contributed by atoms with Gasteiger partial charge in [0, 0.05) is 88.0 Å². The summed E-state index contributed by atoms with van der Waals surface area (Å²) in [6, 6.07) is 22.6. The van der Waals surface area contributed by atoms with Gasteiger partial charge in [-0.1, -0.05) is 37.0 Å². The van der Waals surface area contributed by atoms with Crippen LogP contribution in [0.25, 0.3) is 22.8 Å². The second-order valence-electron chi connectivity index (χ2n) is 20.4. The largest absolute Gasteiger partial charge is 0.438 e. The van der Waals surface area contributed by atoms with E-state index in [1.165, 1.54) is 49.1 Å². The highest BCUT2D eigenvalue weighted by Crippen LogP contribution is 2.39. The number of aromatic nitrogens is 8. The van der Waals surface area contributed by atoms with E-state index in [4.69, 9.17) is 32.7 Å². The van der Waals surface area contributed by atoms with Crippen molar-refractivity contribution in [3.63, 3.8) is 0 Å². The number of alkyl halides is 6. The van der Waals surface area contributed by atoms with Gasteiger partial charge in [0.15, 0.2) is 11.6 Å². The number of halogens is 8. The number of likely N-dealkylation sites (N-methyl/N-ethyl adjacent to an activating group) is 4. The fourth-order valence-corrected chi connectivity index (χ4v) is 10.1. The number of ether oxygens (including phenoxy) is 2. The summed E-state index contributed by atoms with van der Waals surface area (Å²) >= 11 is 12.8. The van der Waals surface area contributed by atoms with E-state index in [0.29, 0.717) is 58.6 Å². The number of rotatable bonds is 16. The minimum Gasteiger partial charge on any atom is -0.438 e. The molecular weight excluding hydrogens is 1170 g/mol. The maximum absolute atomic E-state index is 13.7. The van der Waals surface area contributed by atoms with E-state index in [1.807, 2.05) is 37.7 Å². The van der Waals surface area contributed by atoms with Crippen LogP contribution in [-0.4, -0.2) is 128 Å². The van der Waals surface area contributed by atoms with Crippen LogP contribution in [0, 0.1) is 0 Å². The Hall–Kier alpha value is -8.58. The van der Waals surface area contributed by atoms with E-state index in [0.717, 1.165) is 63.3 Å². The van der Waals surface area contributed by atoms with Gasteiger partial charge in [0.2, 0.25) is 11.8 Å². The summed E-state index contributed by atoms with van der Waals surface area (Å²) in [5.74, 6) is 1.46. The first-order chi connectivity index (χ1) is 41.1. The summed E-state index contributed by atoms with van der Waals surface area (Å²) in [6.07, 6.45) is -0.443. The van der Waals surface area contributed by atoms with Crippen LogP contribution in [0.2, 0.25) is 10.0 Å². The van der Waals surface area contributed by atoms with Crippen molar-refractivity contribution in [1.82, 2.24) is 49.7 Å². The van der Waals surface area contributed by atoms with Gasteiger partial charge in [-0.05, 0) is 125 Å². The summed E-state index contributed by atoms with van der Waals surface area (Å²) < 4.78 is 94.0. The lowest BCUT2D eigenvalue weighted by Gasteiger charge is -2.29. The third kappa shape index (κ3) is 14.9. The van der Waals surface area contributed by atoms with Gasteiger partial charge in [-0.3, -0.25) is 9.59 Å². The van der Waals surface area contributed by atoms with Gasteiger partial charge in [0.25, 0.3) is 11.8 Å². The predicted molar refractivity (Wildman–Crippen MR) is 315 cm³/mol. The normalized spacial score (nSPS) is 15.4. The van der Waals surface area contributed by atoms with E-state index in [-0.39, 0.29) is 67.9 Å². The number of hydrogen-bond acceptors (Lipinski definition) is 16. The second-order valence-corrected chi connectivity index (χ2v) is 21.2. The Labute approximate surface area is 501 Å². The molecule has 2 amide bonds. The molecule has 26 heteroatoms. The molecular formula is C60H58Cl2F6N14O4. The van der Waals surface area contributed by atoms with Gasteiger partial charge in [0.1, 0.15) is 35.8 Å². The van der Waals surface area contributed by atoms with Crippen LogP contribution in [0.3, 0.4) is 0 Å². The van der Waals surface area contributed by atoms with Crippen molar-refractivity contribution in [3.05, 3.63) is 166 Å². The molecule has 0 bridgehead atoms. The average Bonchev–Trinajstić information content (AvgIpc) is 2.15. The third-order valence-corrected chi connectivity index (χ3v) is 15.1. The number of nitrogens with one attached hydrogen (secondary N) is 2. The standard InChI is InChI=1S/2C30H29ClF3N7O2/c2*1-4-26-36-17-37-27(39-26)21-6-5-12-35-29(21)43-20-8-9-23(31)24(15-20)38-28(42)22-14-18(30(32,33)34)7-10-25(22)41(3)19-11-13-40(2)16-19/h2*5-10,12,14-15,17,19H,4,11,13,16H2,1-3H3,(H,38,42). The van der Waals surface area contributed by atoms with Gasteiger partial charge in [-0.2, -0.15) is 26.3 Å². The second kappa shape index (κ2) is 26.8. The number of benzene rings is 4. The molecule has 8 aromatic rings. The Morgan fingerprint density at radius 2 is 0.988 bits per heavy atom. The number of likely N-dealkylation sites (tertiary alicyclic amines) is 2. The highest BCUT2D eigenvalue weighted by atomic mass is 35.5. The fourth-order valence-electron chi connectivity index (χ4n) is 9.73. The molecule has 4 aromatic heterocycles. The Bertz CT molecular complexity index is 3510. The van der Waals surface area contributed by atoms with Gasteiger partial charge in [-0.15, -0.1) is 0 Å². The van der Waals surface area contributed by atoms with Crippen LogP contribution in [-0.2, 0) is 25.2 Å². The van der Waals surface area contributed by atoms with E-state index in [9.17, 15) is 35.9 Å². The molecule has 2 unspecified atom stereocenters. The minimum atomic E-state index is -4.62. The van der Waals surface area contributed by atoms with Gasteiger partial charge >= 0.3 is 12.4 Å². The topological polar surface area (TPSA) is 193 Å². The number of carbonyl (C=O) groups is 2. The summed E-state index contributed by atoms with van der Waals surface area (Å²) in [5.41, 5.74) is 0.0350. The molecule has 0 radical (unpaired) electrons. The number of carbonyl (C=O) groups excluding carboxylic acids is 2. The quantitative estimate of drug-likeness (QED) is 0.0867. The van der Waals surface area contributed by atoms with E-state index >= 15 is 0 Å².